The summed E-state index contributed by atoms with van der Waals surface area (Å²) < 4.78 is 62.7. The van der Waals surface area contributed by atoms with Gasteiger partial charge in [0.15, 0.2) is 0 Å². The molecule has 0 aliphatic rings. The Morgan fingerprint density at radius 1 is 0.511 bits per heavy atom. The van der Waals surface area contributed by atoms with E-state index < -0.39 is 31.7 Å². The number of hydrogen-bond acceptors (Lipinski definition) is 5. The minimum absolute atomic E-state index is 0.409. The average Bonchev–Trinajstić information content (AvgIpc) is 3.01. The van der Waals surface area contributed by atoms with Crippen molar-refractivity contribution in [3.63, 3.8) is 0 Å². The van der Waals surface area contributed by atoms with Gasteiger partial charge in [-0.3, -0.25) is 9.11 Å². The summed E-state index contributed by atoms with van der Waals surface area (Å²) in [4.78, 5) is 2.22. The summed E-state index contributed by atoms with van der Waals surface area (Å²) in [5.74, 6) is -0.819. The molecule has 0 spiro atoms. The van der Waals surface area contributed by atoms with Crippen LogP contribution in [-0.4, -0.2) is 25.9 Å². The number of aryl methyl sites for hydroxylation is 2. The highest BCUT2D eigenvalue weighted by molar-refractivity contribution is 7.85. The van der Waals surface area contributed by atoms with E-state index in [0.717, 1.165) is 44.9 Å². The molecule has 0 atom stereocenters. The maximum Gasteiger partial charge on any atom is 0.269 e. The van der Waals surface area contributed by atoms with Crippen molar-refractivity contribution in [3.8, 4) is 0 Å². The molecule has 0 radical (unpaired) electrons. The van der Waals surface area contributed by atoms with Gasteiger partial charge < -0.3 is 4.90 Å². The third-order valence-corrected chi connectivity index (χ3v) is 8.89. The summed E-state index contributed by atoms with van der Waals surface area (Å²) in [6.45, 7) is 4.18. The second-order valence-corrected chi connectivity index (χ2v) is 14.3. The van der Waals surface area contributed by atoms with E-state index in [2.05, 4.69) is 61.2 Å². The molecule has 240 valence electrons. The van der Waals surface area contributed by atoms with Crippen LogP contribution in [0.5, 0.6) is 0 Å². The predicted molar refractivity (Wildman–Crippen MR) is 192 cm³/mol. The van der Waals surface area contributed by atoms with E-state index in [0.29, 0.717) is 11.1 Å². The van der Waals surface area contributed by atoms with Gasteiger partial charge in [0, 0.05) is 17.1 Å². The summed E-state index contributed by atoms with van der Waals surface area (Å²) >= 11 is 0. The van der Waals surface area contributed by atoms with E-state index in [1.54, 1.807) is 24.3 Å². The van der Waals surface area contributed by atoms with Crippen molar-refractivity contribution in [2.24, 2.45) is 0 Å². The maximum absolute atomic E-state index is 11.1. The largest absolute Gasteiger partial charge is 0.310 e. The highest BCUT2D eigenvalue weighted by atomic mass is 32.2. The van der Waals surface area contributed by atoms with Gasteiger partial charge in [-0.05, 0) is 83.1 Å². The SMILES string of the molecule is Cc1ccc(N(c2ccc(C=Cc3ccc(CS(=O)(=O)O)cc3)cc2)c2ccc(C=Cc3ccc(CS(=O)(=O)O)cc3)cc2)c(C)c1. The molecule has 0 saturated carbocycles. The van der Waals surface area contributed by atoms with Crippen molar-refractivity contribution in [3.05, 3.63) is 160 Å². The second kappa shape index (κ2) is 14.3. The van der Waals surface area contributed by atoms with Gasteiger partial charge in [0.05, 0.1) is 0 Å². The van der Waals surface area contributed by atoms with E-state index in [4.69, 9.17) is 9.11 Å². The molecule has 5 rings (SSSR count). The second-order valence-electron chi connectivity index (χ2n) is 11.4. The minimum Gasteiger partial charge on any atom is -0.310 e. The monoisotopic (exact) mass is 665 g/mol. The van der Waals surface area contributed by atoms with Crippen molar-refractivity contribution in [1.82, 2.24) is 0 Å². The first-order valence-electron chi connectivity index (χ1n) is 14.8. The Morgan fingerprint density at radius 3 is 1.17 bits per heavy atom. The highest BCUT2D eigenvalue weighted by Crippen LogP contribution is 2.37. The van der Waals surface area contributed by atoms with Gasteiger partial charge in [0.25, 0.3) is 20.2 Å². The van der Waals surface area contributed by atoms with Crippen LogP contribution in [0.25, 0.3) is 24.3 Å². The quantitative estimate of drug-likeness (QED) is 0.107. The molecule has 0 amide bonds. The maximum atomic E-state index is 11.1. The molecule has 0 unspecified atom stereocenters. The van der Waals surface area contributed by atoms with Crippen LogP contribution in [0.4, 0.5) is 17.1 Å². The lowest BCUT2D eigenvalue weighted by Crippen LogP contribution is -2.11. The molecule has 2 N–H and O–H groups in total. The molecule has 0 aromatic heterocycles. The van der Waals surface area contributed by atoms with Gasteiger partial charge in [-0.25, -0.2) is 0 Å². The fraction of sp³-hybridized carbons (Fsp3) is 0.105. The van der Waals surface area contributed by atoms with Gasteiger partial charge in [-0.2, -0.15) is 16.8 Å². The summed E-state index contributed by atoms with van der Waals surface area (Å²) in [5.41, 5.74) is 10.3. The molecule has 5 aromatic carbocycles. The number of nitrogens with zero attached hydrogens (tertiary/aromatic N) is 1. The Balaban J connectivity index is 1.36. The molecule has 0 aliphatic carbocycles. The van der Waals surface area contributed by atoms with Crippen molar-refractivity contribution < 1.29 is 25.9 Å². The van der Waals surface area contributed by atoms with E-state index in [1.807, 2.05) is 72.8 Å². The number of rotatable bonds is 11. The van der Waals surface area contributed by atoms with E-state index in [1.165, 1.54) is 5.56 Å². The zero-order chi connectivity index (χ0) is 33.6. The average molecular weight is 666 g/mol. The van der Waals surface area contributed by atoms with Gasteiger partial charge in [0.1, 0.15) is 11.5 Å². The number of benzene rings is 5. The van der Waals surface area contributed by atoms with Gasteiger partial charge in [-0.15, -0.1) is 0 Å². The fourth-order valence-electron chi connectivity index (χ4n) is 5.21. The molecule has 0 fully saturated rings. The van der Waals surface area contributed by atoms with Gasteiger partial charge in [0.2, 0.25) is 0 Å². The Bertz CT molecular complexity index is 1990. The molecule has 0 saturated heterocycles. The zero-order valence-corrected chi connectivity index (χ0v) is 27.6. The predicted octanol–water partition coefficient (Wildman–Crippen LogP) is 8.89. The van der Waals surface area contributed by atoms with Crippen molar-refractivity contribution in [2.45, 2.75) is 25.4 Å². The zero-order valence-electron chi connectivity index (χ0n) is 26.0. The van der Waals surface area contributed by atoms with E-state index in [-0.39, 0.29) is 0 Å². The van der Waals surface area contributed by atoms with Crippen LogP contribution in [0.15, 0.2) is 115 Å². The summed E-state index contributed by atoms with van der Waals surface area (Å²) in [7, 11) is -8.14. The standard InChI is InChI=1S/C38H35NO6S2/c1-28-3-24-38(29(2)25-28)39(36-20-16-32(17-21-36)6-4-30-8-12-34(13-9-30)26-46(40,41)42)37-22-18-33(19-23-37)7-5-31-10-14-35(15-11-31)27-47(43,44)45/h3-25H,26-27H2,1-2H3,(H,40,41,42)(H,43,44,45). The Morgan fingerprint density at radius 2 is 0.851 bits per heavy atom. The van der Waals surface area contributed by atoms with E-state index in [9.17, 15) is 16.8 Å². The molecule has 0 heterocycles. The first-order chi connectivity index (χ1) is 22.3. The van der Waals surface area contributed by atoms with Gasteiger partial charge >= 0.3 is 0 Å². The summed E-state index contributed by atoms with van der Waals surface area (Å²) in [6.07, 6.45) is 7.89. The molecular formula is C38H35NO6S2. The van der Waals surface area contributed by atoms with Crippen molar-refractivity contribution >= 4 is 61.6 Å². The first kappa shape index (κ1) is 33.6. The number of anilines is 3. The lowest BCUT2D eigenvalue weighted by atomic mass is 10.1. The minimum atomic E-state index is -4.07. The van der Waals surface area contributed by atoms with Crippen LogP contribution in [0.2, 0.25) is 0 Å². The molecule has 9 heteroatoms. The van der Waals surface area contributed by atoms with E-state index >= 15 is 0 Å². The molecule has 5 aromatic rings. The molecular weight excluding hydrogens is 631 g/mol. The Kier molecular flexibility index (Phi) is 10.2. The summed E-state index contributed by atoms with van der Waals surface area (Å²) in [6, 6.07) is 36.9. The van der Waals surface area contributed by atoms with Crippen LogP contribution in [-0.2, 0) is 31.7 Å². The van der Waals surface area contributed by atoms with Crippen LogP contribution >= 0.6 is 0 Å². The molecule has 0 aliphatic heterocycles. The topological polar surface area (TPSA) is 112 Å². The smallest absolute Gasteiger partial charge is 0.269 e. The summed E-state index contributed by atoms with van der Waals surface area (Å²) in [5, 5.41) is 0. The van der Waals surface area contributed by atoms with Crippen molar-refractivity contribution in [2.75, 3.05) is 4.90 Å². The van der Waals surface area contributed by atoms with Crippen LogP contribution in [0.3, 0.4) is 0 Å². The normalized spacial score (nSPS) is 12.2. The fourth-order valence-corrected chi connectivity index (χ4v) is 6.44. The first-order valence-corrected chi connectivity index (χ1v) is 18.1. The van der Waals surface area contributed by atoms with Gasteiger partial charge in [-0.1, -0.05) is 115 Å². The van der Waals surface area contributed by atoms with Crippen LogP contribution in [0.1, 0.15) is 44.5 Å². The Labute approximate surface area is 276 Å². The molecule has 7 nitrogen and oxygen atoms in total. The highest BCUT2D eigenvalue weighted by Gasteiger charge is 2.15. The lowest BCUT2D eigenvalue weighted by Gasteiger charge is -2.27. The Hall–Kier alpha value is -4.80. The third kappa shape index (κ3) is 9.84. The lowest BCUT2D eigenvalue weighted by molar-refractivity contribution is 0.479. The van der Waals surface area contributed by atoms with Crippen molar-refractivity contribution in [1.29, 1.82) is 0 Å². The number of hydrogen-bond donors (Lipinski definition) is 2. The molecule has 47 heavy (non-hydrogen) atoms. The third-order valence-electron chi connectivity index (χ3n) is 7.49. The van der Waals surface area contributed by atoms with Crippen LogP contribution in [0, 0.1) is 13.8 Å². The molecule has 0 bridgehead atoms. The van der Waals surface area contributed by atoms with Crippen LogP contribution < -0.4 is 4.90 Å².